The molecule has 1 N–H and O–H groups in total. The standard InChI is InChI=1S/C28H30N2O.2ClH/c1-3-12-25-22(8-1)10-5-14-27(25)29-24-16-19-30(20-17-24)18-7-21-31-28-15-6-11-23-9-2-4-13-26(23)28;;/h1-6,8-15,24,29H,7,16-21H2;2*1H. The molecule has 1 fully saturated rings. The molecule has 4 aromatic carbocycles. The highest BCUT2D eigenvalue weighted by Gasteiger charge is 2.19. The second-order valence-electron chi connectivity index (χ2n) is 8.47. The van der Waals surface area contributed by atoms with Gasteiger partial charge in [-0.05, 0) is 42.2 Å². The van der Waals surface area contributed by atoms with E-state index in [1.54, 1.807) is 0 Å². The van der Waals surface area contributed by atoms with Crippen molar-refractivity contribution in [3.63, 3.8) is 0 Å². The van der Waals surface area contributed by atoms with Crippen molar-refractivity contribution in [2.24, 2.45) is 0 Å². The fourth-order valence-electron chi connectivity index (χ4n) is 4.66. The van der Waals surface area contributed by atoms with Gasteiger partial charge in [-0.25, -0.2) is 0 Å². The average molecular weight is 483 g/mol. The average Bonchev–Trinajstić information content (AvgIpc) is 2.83. The van der Waals surface area contributed by atoms with Gasteiger partial charge in [-0.1, -0.05) is 72.8 Å². The summed E-state index contributed by atoms with van der Waals surface area (Å²) in [5.41, 5.74) is 1.26. The predicted octanol–water partition coefficient (Wildman–Crippen LogP) is 7.18. The van der Waals surface area contributed by atoms with E-state index in [2.05, 4.69) is 95.1 Å². The van der Waals surface area contributed by atoms with Crippen molar-refractivity contribution in [3.8, 4) is 5.75 Å². The van der Waals surface area contributed by atoms with E-state index in [1.807, 2.05) is 0 Å². The Hall–Kier alpha value is -2.46. The minimum Gasteiger partial charge on any atom is -0.493 e. The van der Waals surface area contributed by atoms with E-state index in [0.717, 1.165) is 38.4 Å². The van der Waals surface area contributed by atoms with Crippen LogP contribution in [0.3, 0.4) is 0 Å². The van der Waals surface area contributed by atoms with Gasteiger partial charge in [-0.2, -0.15) is 0 Å². The number of benzene rings is 4. The van der Waals surface area contributed by atoms with Crippen LogP contribution in [-0.4, -0.2) is 37.2 Å². The molecule has 0 bridgehead atoms. The van der Waals surface area contributed by atoms with E-state index >= 15 is 0 Å². The Morgan fingerprint density at radius 2 is 1.33 bits per heavy atom. The number of hydrogen-bond acceptors (Lipinski definition) is 3. The van der Waals surface area contributed by atoms with Crippen LogP contribution in [0.25, 0.3) is 21.5 Å². The van der Waals surface area contributed by atoms with Crippen LogP contribution < -0.4 is 10.1 Å². The van der Waals surface area contributed by atoms with Crippen molar-refractivity contribution < 1.29 is 4.74 Å². The Morgan fingerprint density at radius 3 is 2.09 bits per heavy atom. The number of fused-ring (bicyclic) bond motifs is 2. The Labute approximate surface area is 208 Å². The summed E-state index contributed by atoms with van der Waals surface area (Å²) in [6, 6.07) is 30.4. The summed E-state index contributed by atoms with van der Waals surface area (Å²) in [6.07, 6.45) is 3.44. The molecule has 174 valence electrons. The van der Waals surface area contributed by atoms with E-state index in [1.165, 1.54) is 40.1 Å². The molecule has 0 radical (unpaired) electrons. The molecular weight excluding hydrogens is 451 g/mol. The van der Waals surface area contributed by atoms with Crippen molar-refractivity contribution in [1.29, 1.82) is 0 Å². The molecule has 0 aromatic heterocycles. The molecule has 1 saturated heterocycles. The molecule has 0 amide bonds. The molecule has 5 rings (SSSR count). The number of ether oxygens (including phenoxy) is 1. The molecule has 0 spiro atoms. The van der Waals surface area contributed by atoms with Crippen molar-refractivity contribution >= 4 is 52.0 Å². The molecule has 0 unspecified atom stereocenters. The van der Waals surface area contributed by atoms with Crippen LogP contribution in [0.4, 0.5) is 5.69 Å². The zero-order chi connectivity index (χ0) is 20.9. The first-order chi connectivity index (χ1) is 15.4. The molecule has 1 heterocycles. The molecule has 1 aliphatic heterocycles. The molecule has 0 aliphatic carbocycles. The zero-order valence-corrected chi connectivity index (χ0v) is 20.4. The van der Waals surface area contributed by atoms with Gasteiger partial charge in [0.05, 0.1) is 6.61 Å². The van der Waals surface area contributed by atoms with Crippen LogP contribution in [0.5, 0.6) is 5.75 Å². The lowest BCUT2D eigenvalue weighted by atomic mass is 10.0. The molecule has 33 heavy (non-hydrogen) atoms. The molecule has 1 aliphatic rings. The van der Waals surface area contributed by atoms with Crippen molar-refractivity contribution in [2.75, 3.05) is 31.6 Å². The maximum Gasteiger partial charge on any atom is 0.127 e. The van der Waals surface area contributed by atoms with Gasteiger partial charge in [-0.3, -0.25) is 0 Å². The smallest absolute Gasteiger partial charge is 0.127 e. The number of nitrogens with one attached hydrogen (secondary N) is 1. The summed E-state index contributed by atoms with van der Waals surface area (Å²) in [5, 5.41) is 8.85. The van der Waals surface area contributed by atoms with Crippen LogP contribution in [0, 0.1) is 0 Å². The van der Waals surface area contributed by atoms with Crippen LogP contribution in [0.1, 0.15) is 19.3 Å². The molecule has 4 aromatic rings. The number of anilines is 1. The highest BCUT2D eigenvalue weighted by atomic mass is 35.5. The van der Waals surface area contributed by atoms with Gasteiger partial charge >= 0.3 is 0 Å². The number of halogens is 2. The second-order valence-corrected chi connectivity index (χ2v) is 8.47. The maximum atomic E-state index is 6.11. The number of nitrogens with zero attached hydrogens (tertiary/aromatic N) is 1. The molecular formula is C28H32Cl2N2O. The van der Waals surface area contributed by atoms with Crippen LogP contribution in [0.15, 0.2) is 84.9 Å². The molecule has 0 saturated carbocycles. The van der Waals surface area contributed by atoms with E-state index in [0.29, 0.717) is 6.04 Å². The summed E-state index contributed by atoms with van der Waals surface area (Å²) >= 11 is 0. The number of hydrogen-bond donors (Lipinski definition) is 1. The maximum absolute atomic E-state index is 6.11. The lowest BCUT2D eigenvalue weighted by Gasteiger charge is -2.33. The van der Waals surface area contributed by atoms with Gasteiger partial charge in [0.15, 0.2) is 0 Å². The Morgan fingerprint density at radius 1 is 0.727 bits per heavy atom. The third-order valence-corrected chi connectivity index (χ3v) is 6.36. The van der Waals surface area contributed by atoms with Crippen molar-refractivity contribution in [3.05, 3.63) is 84.9 Å². The monoisotopic (exact) mass is 482 g/mol. The molecule has 0 atom stereocenters. The van der Waals surface area contributed by atoms with Crippen LogP contribution >= 0.6 is 24.8 Å². The zero-order valence-electron chi connectivity index (χ0n) is 18.8. The SMILES string of the molecule is Cl.Cl.c1ccc2c(NC3CCN(CCCOc4cccc5ccccc45)CC3)cccc2c1. The van der Waals surface area contributed by atoms with Crippen LogP contribution in [0.2, 0.25) is 0 Å². The van der Waals surface area contributed by atoms with Gasteiger partial charge in [-0.15, -0.1) is 24.8 Å². The normalized spacial score (nSPS) is 14.4. The third kappa shape index (κ3) is 6.11. The van der Waals surface area contributed by atoms with Gasteiger partial charge < -0.3 is 15.0 Å². The van der Waals surface area contributed by atoms with Gasteiger partial charge in [0.1, 0.15) is 5.75 Å². The van der Waals surface area contributed by atoms with Gasteiger partial charge in [0.2, 0.25) is 0 Å². The first-order valence-electron chi connectivity index (χ1n) is 11.4. The van der Waals surface area contributed by atoms with E-state index in [4.69, 9.17) is 4.74 Å². The minimum absolute atomic E-state index is 0. The van der Waals surface area contributed by atoms with E-state index < -0.39 is 0 Å². The first kappa shape index (κ1) is 25.2. The second kappa shape index (κ2) is 12.1. The minimum atomic E-state index is 0. The highest BCUT2D eigenvalue weighted by Crippen LogP contribution is 2.26. The summed E-state index contributed by atoms with van der Waals surface area (Å²) in [6.45, 7) is 4.17. The lowest BCUT2D eigenvalue weighted by molar-refractivity contribution is 0.198. The first-order valence-corrected chi connectivity index (χ1v) is 11.4. The Bertz CT molecular complexity index is 1150. The predicted molar refractivity (Wildman–Crippen MR) is 146 cm³/mol. The summed E-state index contributed by atoms with van der Waals surface area (Å²) in [7, 11) is 0. The van der Waals surface area contributed by atoms with E-state index in [9.17, 15) is 0 Å². The number of piperidine rings is 1. The fraction of sp³-hybridized carbons (Fsp3) is 0.286. The summed E-state index contributed by atoms with van der Waals surface area (Å²) in [4.78, 5) is 2.58. The summed E-state index contributed by atoms with van der Waals surface area (Å²) < 4.78 is 6.11. The van der Waals surface area contributed by atoms with Gasteiger partial charge in [0.25, 0.3) is 0 Å². The van der Waals surface area contributed by atoms with Crippen molar-refractivity contribution in [1.82, 2.24) is 4.90 Å². The topological polar surface area (TPSA) is 24.5 Å². The number of rotatable bonds is 7. The van der Waals surface area contributed by atoms with Gasteiger partial charge in [0, 0.05) is 42.1 Å². The fourth-order valence-corrected chi connectivity index (χ4v) is 4.66. The van der Waals surface area contributed by atoms with Crippen LogP contribution in [-0.2, 0) is 0 Å². The number of likely N-dealkylation sites (tertiary alicyclic amines) is 1. The van der Waals surface area contributed by atoms with Crippen molar-refractivity contribution in [2.45, 2.75) is 25.3 Å². The quantitative estimate of drug-likeness (QED) is 0.282. The highest BCUT2D eigenvalue weighted by molar-refractivity contribution is 5.94. The lowest BCUT2D eigenvalue weighted by Crippen LogP contribution is -2.39. The Kier molecular flexibility index (Phi) is 9.25. The molecule has 3 nitrogen and oxygen atoms in total. The third-order valence-electron chi connectivity index (χ3n) is 6.36. The Balaban J connectivity index is 0.00000153. The molecule has 5 heteroatoms. The largest absolute Gasteiger partial charge is 0.493 e. The summed E-state index contributed by atoms with van der Waals surface area (Å²) in [5.74, 6) is 0.996. The van der Waals surface area contributed by atoms with E-state index in [-0.39, 0.29) is 24.8 Å².